The zero-order chi connectivity index (χ0) is 23.8. The van der Waals surface area contributed by atoms with E-state index in [0.717, 1.165) is 16.7 Å². The van der Waals surface area contributed by atoms with Gasteiger partial charge in [0.2, 0.25) is 11.8 Å². The second-order valence-electron chi connectivity index (χ2n) is 8.57. The molecule has 0 aliphatic heterocycles. The van der Waals surface area contributed by atoms with Gasteiger partial charge in [-0.15, -0.1) is 0 Å². The Kier molecular flexibility index (Phi) is 8.36. The summed E-state index contributed by atoms with van der Waals surface area (Å²) in [4.78, 5) is 28.1. The van der Waals surface area contributed by atoms with Gasteiger partial charge in [0.15, 0.2) is 0 Å². The van der Waals surface area contributed by atoms with Crippen molar-refractivity contribution in [2.45, 2.75) is 51.7 Å². The van der Waals surface area contributed by atoms with Gasteiger partial charge in [-0.1, -0.05) is 72.8 Å². The van der Waals surface area contributed by atoms with Crippen LogP contribution in [-0.2, 0) is 16.1 Å². The molecule has 2 amide bonds. The van der Waals surface area contributed by atoms with Crippen LogP contribution in [0.4, 0.5) is 4.39 Å². The van der Waals surface area contributed by atoms with E-state index in [2.05, 4.69) is 5.32 Å². The molecule has 0 aliphatic carbocycles. The molecule has 0 fully saturated rings. The zero-order valence-electron chi connectivity index (χ0n) is 19.4. The first-order valence-corrected chi connectivity index (χ1v) is 11.3. The molecule has 0 saturated carbocycles. The number of hydrogen-bond donors (Lipinski definition) is 1. The molecule has 3 aromatic carbocycles. The lowest BCUT2D eigenvalue weighted by Crippen LogP contribution is -2.49. The Labute approximate surface area is 195 Å². The summed E-state index contributed by atoms with van der Waals surface area (Å²) < 4.78 is 13.4. The average Bonchev–Trinajstić information content (AvgIpc) is 2.82. The smallest absolute Gasteiger partial charge is 0.242 e. The van der Waals surface area contributed by atoms with Crippen molar-refractivity contribution in [2.75, 3.05) is 0 Å². The highest BCUT2D eigenvalue weighted by molar-refractivity contribution is 5.88. The summed E-state index contributed by atoms with van der Waals surface area (Å²) in [5.41, 5.74) is 2.85. The summed E-state index contributed by atoms with van der Waals surface area (Å²) in [6, 6.07) is 25.2. The van der Waals surface area contributed by atoms with E-state index in [4.69, 9.17) is 0 Å². The van der Waals surface area contributed by atoms with E-state index in [1.807, 2.05) is 74.5 Å². The van der Waals surface area contributed by atoms with Gasteiger partial charge in [-0.05, 0) is 49.6 Å². The largest absolute Gasteiger partial charge is 0.352 e. The molecule has 1 N–H and O–H groups in total. The number of carbonyl (C=O) groups excluding carboxylic acids is 2. The van der Waals surface area contributed by atoms with Gasteiger partial charge in [-0.2, -0.15) is 0 Å². The van der Waals surface area contributed by atoms with Gasteiger partial charge in [0.05, 0.1) is 0 Å². The number of hydrogen-bond acceptors (Lipinski definition) is 2. The number of amides is 2. The number of benzene rings is 3. The van der Waals surface area contributed by atoms with Crippen molar-refractivity contribution in [3.63, 3.8) is 0 Å². The van der Waals surface area contributed by atoms with Crippen LogP contribution in [0.2, 0.25) is 0 Å². The van der Waals surface area contributed by atoms with E-state index in [1.165, 1.54) is 12.1 Å². The lowest BCUT2D eigenvalue weighted by Gasteiger charge is -2.31. The monoisotopic (exact) mass is 446 g/mol. The molecule has 0 aromatic heterocycles. The Morgan fingerprint density at radius 1 is 0.818 bits per heavy atom. The number of carbonyl (C=O) groups is 2. The topological polar surface area (TPSA) is 49.4 Å². The van der Waals surface area contributed by atoms with Crippen LogP contribution in [0.15, 0.2) is 84.9 Å². The van der Waals surface area contributed by atoms with Crippen molar-refractivity contribution in [2.24, 2.45) is 0 Å². The summed E-state index contributed by atoms with van der Waals surface area (Å²) >= 11 is 0. The molecular weight excluding hydrogens is 415 g/mol. The third-order valence-electron chi connectivity index (χ3n) is 5.65. The number of halogens is 1. The molecule has 5 heteroatoms. The molecular formula is C28H31FN2O2. The molecule has 0 spiro atoms. The highest BCUT2D eigenvalue weighted by atomic mass is 19.1. The molecule has 3 rings (SSSR count). The van der Waals surface area contributed by atoms with Crippen LogP contribution in [0.25, 0.3) is 0 Å². The highest BCUT2D eigenvalue weighted by Gasteiger charge is 2.29. The van der Waals surface area contributed by atoms with Crippen molar-refractivity contribution >= 4 is 11.8 Å². The second kappa shape index (κ2) is 11.4. The summed E-state index contributed by atoms with van der Waals surface area (Å²) in [7, 11) is 0. The van der Waals surface area contributed by atoms with Crippen molar-refractivity contribution in [1.29, 1.82) is 0 Å². The maximum atomic E-state index is 13.7. The van der Waals surface area contributed by atoms with E-state index < -0.39 is 6.04 Å². The predicted molar refractivity (Wildman–Crippen MR) is 129 cm³/mol. The SMILES string of the molecule is CC(C)NC(=O)C(C)N(Cc1ccc(F)cc1)C(=O)CC(c1ccccc1)c1ccccc1. The minimum absolute atomic E-state index is 0.0379. The number of nitrogens with zero attached hydrogens (tertiary/aromatic N) is 1. The fraction of sp³-hybridized carbons (Fsp3) is 0.286. The third-order valence-corrected chi connectivity index (χ3v) is 5.65. The van der Waals surface area contributed by atoms with E-state index in [1.54, 1.807) is 24.0 Å². The normalized spacial score (nSPS) is 11.9. The summed E-state index contributed by atoms with van der Waals surface area (Å²) in [6.45, 7) is 5.73. The van der Waals surface area contributed by atoms with Gasteiger partial charge in [0.25, 0.3) is 0 Å². The van der Waals surface area contributed by atoms with E-state index in [-0.39, 0.29) is 42.6 Å². The molecule has 33 heavy (non-hydrogen) atoms. The fourth-order valence-corrected chi connectivity index (χ4v) is 3.86. The van der Waals surface area contributed by atoms with E-state index in [0.29, 0.717) is 0 Å². The molecule has 1 atom stereocenters. The summed E-state index contributed by atoms with van der Waals surface area (Å²) in [5, 5.41) is 2.90. The Morgan fingerprint density at radius 3 is 1.82 bits per heavy atom. The second-order valence-corrected chi connectivity index (χ2v) is 8.57. The van der Waals surface area contributed by atoms with Crippen LogP contribution < -0.4 is 5.32 Å². The Bertz CT molecular complexity index is 997. The minimum atomic E-state index is -0.669. The molecule has 0 heterocycles. The Morgan fingerprint density at radius 2 is 1.33 bits per heavy atom. The molecule has 172 valence electrons. The highest BCUT2D eigenvalue weighted by Crippen LogP contribution is 2.29. The van der Waals surface area contributed by atoms with Crippen LogP contribution in [0.1, 0.15) is 49.8 Å². The first kappa shape index (κ1) is 24.2. The molecule has 0 bridgehead atoms. The van der Waals surface area contributed by atoms with Crippen molar-refractivity contribution in [1.82, 2.24) is 10.2 Å². The molecule has 0 aliphatic rings. The van der Waals surface area contributed by atoms with Crippen LogP contribution in [0, 0.1) is 5.82 Å². The average molecular weight is 447 g/mol. The van der Waals surface area contributed by atoms with Crippen LogP contribution in [-0.4, -0.2) is 28.8 Å². The van der Waals surface area contributed by atoms with Gasteiger partial charge in [-0.25, -0.2) is 4.39 Å². The van der Waals surface area contributed by atoms with Crippen molar-refractivity contribution < 1.29 is 14.0 Å². The van der Waals surface area contributed by atoms with Crippen molar-refractivity contribution in [3.05, 3.63) is 107 Å². The molecule has 0 radical (unpaired) electrons. The van der Waals surface area contributed by atoms with Crippen LogP contribution in [0.3, 0.4) is 0 Å². The van der Waals surface area contributed by atoms with Gasteiger partial charge < -0.3 is 10.2 Å². The summed E-state index contributed by atoms with van der Waals surface area (Å²) in [5.74, 6) is -0.828. The van der Waals surface area contributed by atoms with E-state index in [9.17, 15) is 14.0 Å². The quantitative estimate of drug-likeness (QED) is 0.486. The van der Waals surface area contributed by atoms with Gasteiger partial charge in [-0.3, -0.25) is 9.59 Å². The zero-order valence-corrected chi connectivity index (χ0v) is 19.4. The van der Waals surface area contributed by atoms with Gasteiger partial charge in [0.1, 0.15) is 11.9 Å². The molecule has 4 nitrogen and oxygen atoms in total. The Balaban J connectivity index is 1.91. The minimum Gasteiger partial charge on any atom is -0.352 e. The van der Waals surface area contributed by atoms with Crippen molar-refractivity contribution in [3.8, 4) is 0 Å². The molecule has 3 aromatic rings. The van der Waals surface area contributed by atoms with E-state index >= 15 is 0 Å². The third kappa shape index (κ3) is 6.75. The Hall–Kier alpha value is -3.47. The van der Waals surface area contributed by atoms with Gasteiger partial charge in [0, 0.05) is 24.9 Å². The fourth-order valence-electron chi connectivity index (χ4n) is 3.86. The van der Waals surface area contributed by atoms with Crippen LogP contribution >= 0.6 is 0 Å². The lowest BCUT2D eigenvalue weighted by atomic mass is 9.88. The molecule has 1 unspecified atom stereocenters. The van der Waals surface area contributed by atoms with Gasteiger partial charge >= 0.3 is 0 Å². The lowest BCUT2D eigenvalue weighted by molar-refractivity contribution is -0.141. The van der Waals surface area contributed by atoms with Crippen LogP contribution in [0.5, 0.6) is 0 Å². The maximum absolute atomic E-state index is 13.7. The first-order chi connectivity index (χ1) is 15.8. The predicted octanol–water partition coefficient (Wildman–Crippen LogP) is 5.29. The number of nitrogens with one attached hydrogen (secondary N) is 1. The standard InChI is InChI=1S/C28H31FN2O2/c1-20(2)30-28(33)21(3)31(19-22-14-16-25(29)17-15-22)27(32)18-26(23-10-6-4-7-11-23)24-12-8-5-9-13-24/h4-17,20-21,26H,18-19H2,1-3H3,(H,30,33). The number of rotatable bonds is 9. The maximum Gasteiger partial charge on any atom is 0.242 e. The summed E-state index contributed by atoms with van der Waals surface area (Å²) in [6.07, 6.45) is 0.217. The first-order valence-electron chi connectivity index (χ1n) is 11.3. The molecule has 0 saturated heterocycles.